The van der Waals surface area contributed by atoms with E-state index in [2.05, 4.69) is 17.1 Å². The summed E-state index contributed by atoms with van der Waals surface area (Å²) in [6.07, 6.45) is 2.43. The van der Waals surface area contributed by atoms with Crippen LogP contribution in [0.3, 0.4) is 0 Å². The van der Waals surface area contributed by atoms with Crippen molar-refractivity contribution in [3.8, 4) is 5.75 Å². The average molecular weight is 456 g/mol. The number of piperidine rings is 1. The summed E-state index contributed by atoms with van der Waals surface area (Å²) < 4.78 is 5.60. The predicted molar refractivity (Wildman–Crippen MR) is 122 cm³/mol. The van der Waals surface area contributed by atoms with Gasteiger partial charge in [-0.05, 0) is 68.0 Å². The molecule has 0 aromatic heterocycles. The lowest BCUT2D eigenvalue weighted by Crippen LogP contribution is -2.32. The lowest BCUT2D eigenvalue weighted by molar-refractivity contribution is -0.118. The highest BCUT2D eigenvalue weighted by Gasteiger charge is 2.19. The number of nitrogens with zero attached hydrogens (tertiary/aromatic N) is 1. The quantitative estimate of drug-likeness (QED) is 0.558. The van der Waals surface area contributed by atoms with Crippen molar-refractivity contribution in [1.82, 2.24) is 0 Å². The van der Waals surface area contributed by atoms with Gasteiger partial charge in [0.05, 0.1) is 10.0 Å². The predicted octanol–water partition coefficient (Wildman–Crippen LogP) is 6.52. The zero-order valence-corrected chi connectivity index (χ0v) is 19.1. The second-order valence-electron chi connectivity index (χ2n) is 7.57. The lowest BCUT2D eigenvalue weighted by atomic mass is 9.99. The van der Waals surface area contributed by atoms with E-state index in [1.807, 2.05) is 24.3 Å². The van der Waals surface area contributed by atoms with Gasteiger partial charge in [0.1, 0.15) is 0 Å². The van der Waals surface area contributed by atoms with Gasteiger partial charge in [0.25, 0.3) is 5.91 Å². The molecule has 1 fully saturated rings. The van der Waals surface area contributed by atoms with Crippen molar-refractivity contribution in [3.05, 3.63) is 50.5 Å². The zero-order valence-electron chi connectivity index (χ0n) is 16.8. The Morgan fingerprint density at radius 2 is 1.59 bits per heavy atom. The smallest absolute Gasteiger partial charge is 0.262 e. The molecule has 3 rings (SSSR count). The minimum absolute atomic E-state index is 0.203. The number of hydrogen-bond donors (Lipinski definition) is 1. The maximum Gasteiger partial charge on any atom is 0.262 e. The average Bonchev–Trinajstić information content (AvgIpc) is 2.72. The van der Waals surface area contributed by atoms with Gasteiger partial charge in [0, 0.05) is 29.5 Å². The third kappa shape index (κ3) is 5.11. The highest BCUT2D eigenvalue weighted by molar-refractivity contribution is 6.42. The molecule has 29 heavy (non-hydrogen) atoms. The van der Waals surface area contributed by atoms with E-state index < -0.39 is 0 Å². The number of halogens is 3. The van der Waals surface area contributed by atoms with Gasteiger partial charge < -0.3 is 15.0 Å². The van der Waals surface area contributed by atoms with E-state index in [4.69, 9.17) is 39.5 Å². The molecule has 1 aliphatic heterocycles. The van der Waals surface area contributed by atoms with Crippen LogP contribution in [-0.2, 0) is 4.79 Å². The number of benzene rings is 2. The van der Waals surface area contributed by atoms with Crippen LogP contribution in [0.4, 0.5) is 11.4 Å². The Hall–Kier alpha value is -1.62. The summed E-state index contributed by atoms with van der Waals surface area (Å²) in [7, 11) is 0. The third-order valence-electron chi connectivity index (χ3n) is 5.36. The molecular weight excluding hydrogens is 431 g/mol. The molecule has 156 valence electrons. The molecule has 4 nitrogen and oxygen atoms in total. The van der Waals surface area contributed by atoms with Gasteiger partial charge in [-0.3, -0.25) is 4.79 Å². The van der Waals surface area contributed by atoms with Crippen LogP contribution in [0.2, 0.25) is 15.1 Å². The summed E-state index contributed by atoms with van der Waals surface area (Å²) in [6.45, 7) is 7.80. The second kappa shape index (κ2) is 9.46. The van der Waals surface area contributed by atoms with Crippen LogP contribution in [0.1, 0.15) is 30.9 Å². The van der Waals surface area contributed by atoms with Crippen LogP contribution >= 0.6 is 34.8 Å². The zero-order chi connectivity index (χ0) is 21.1. The van der Waals surface area contributed by atoms with Gasteiger partial charge in [0.2, 0.25) is 0 Å². The Morgan fingerprint density at radius 3 is 2.14 bits per heavy atom. The monoisotopic (exact) mass is 454 g/mol. The van der Waals surface area contributed by atoms with Gasteiger partial charge in [0.15, 0.2) is 12.4 Å². The fourth-order valence-electron chi connectivity index (χ4n) is 3.39. The lowest BCUT2D eigenvalue weighted by Gasteiger charge is -2.32. The molecule has 2 aromatic carbocycles. The third-order valence-corrected chi connectivity index (χ3v) is 6.84. The van der Waals surface area contributed by atoms with E-state index in [1.165, 1.54) is 18.5 Å². The molecule has 7 heteroatoms. The summed E-state index contributed by atoms with van der Waals surface area (Å²) in [6, 6.07) is 7.88. The Bertz CT molecular complexity index is 863. The topological polar surface area (TPSA) is 41.6 Å². The standard InChI is InChI=1S/C22H25Cl3N2O2/c1-13-8-10-27(11-9-13)17-6-4-16(5-7-17)26-18(28)12-29-22-20(24)14(2)19(23)15(3)21(22)25/h4-7,13H,8-12H2,1-3H3,(H,26,28). The van der Waals surface area contributed by atoms with E-state index in [-0.39, 0.29) is 18.3 Å². The van der Waals surface area contributed by atoms with Crippen LogP contribution < -0.4 is 15.0 Å². The van der Waals surface area contributed by atoms with Crippen LogP contribution in [0.25, 0.3) is 0 Å². The van der Waals surface area contributed by atoms with Crippen molar-refractivity contribution in [2.24, 2.45) is 5.92 Å². The highest BCUT2D eigenvalue weighted by atomic mass is 35.5. The number of ether oxygens (including phenoxy) is 1. The first kappa shape index (κ1) is 22.1. The molecule has 1 amide bonds. The first-order chi connectivity index (χ1) is 13.8. The van der Waals surface area contributed by atoms with Crippen molar-refractivity contribution in [2.75, 3.05) is 29.9 Å². The van der Waals surface area contributed by atoms with Crippen molar-refractivity contribution in [3.63, 3.8) is 0 Å². The molecule has 0 bridgehead atoms. The van der Waals surface area contributed by atoms with Gasteiger partial charge >= 0.3 is 0 Å². The summed E-state index contributed by atoms with van der Waals surface area (Å²) in [5.41, 5.74) is 3.24. The molecule has 0 aliphatic carbocycles. The first-order valence-electron chi connectivity index (χ1n) is 9.69. The Morgan fingerprint density at radius 1 is 1.03 bits per heavy atom. The molecule has 2 aromatic rings. The largest absolute Gasteiger partial charge is 0.481 e. The van der Waals surface area contributed by atoms with E-state index in [1.54, 1.807) is 13.8 Å². The molecule has 0 unspecified atom stereocenters. The minimum Gasteiger partial charge on any atom is -0.481 e. The maximum atomic E-state index is 12.3. The molecule has 0 atom stereocenters. The highest BCUT2D eigenvalue weighted by Crippen LogP contribution is 2.42. The fourth-order valence-corrected chi connectivity index (χ4v) is 4.22. The van der Waals surface area contributed by atoms with Crippen LogP contribution in [-0.4, -0.2) is 25.6 Å². The van der Waals surface area contributed by atoms with Crippen molar-refractivity contribution in [1.29, 1.82) is 0 Å². The Labute approximate surface area is 187 Å². The number of amides is 1. The van der Waals surface area contributed by atoms with Gasteiger partial charge in [-0.1, -0.05) is 41.7 Å². The molecule has 1 aliphatic rings. The summed E-state index contributed by atoms with van der Waals surface area (Å²) in [5, 5.41) is 3.97. The molecular formula is C22H25Cl3N2O2. The first-order valence-corrected chi connectivity index (χ1v) is 10.8. The molecule has 1 heterocycles. The molecule has 0 saturated carbocycles. The summed E-state index contributed by atoms with van der Waals surface area (Å²) in [5.74, 6) is 0.777. The van der Waals surface area contributed by atoms with Crippen LogP contribution in [0.15, 0.2) is 24.3 Å². The van der Waals surface area contributed by atoms with E-state index in [0.29, 0.717) is 31.9 Å². The number of nitrogens with one attached hydrogen (secondary N) is 1. The SMILES string of the molecule is Cc1c(Cl)c(C)c(Cl)c(OCC(=O)Nc2ccc(N3CCC(C)CC3)cc2)c1Cl. The number of carbonyl (C=O) groups excluding carboxylic acids is 1. The van der Waals surface area contributed by atoms with Gasteiger partial charge in [-0.25, -0.2) is 0 Å². The van der Waals surface area contributed by atoms with E-state index in [0.717, 1.165) is 19.0 Å². The number of carbonyl (C=O) groups is 1. The Kier molecular flexibility index (Phi) is 7.20. The van der Waals surface area contributed by atoms with Gasteiger partial charge in [-0.15, -0.1) is 0 Å². The van der Waals surface area contributed by atoms with Crippen molar-refractivity contribution >= 4 is 52.1 Å². The molecule has 0 radical (unpaired) electrons. The minimum atomic E-state index is -0.290. The van der Waals surface area contributed by atoms with Crippen molar-refractivity contribution in [2.45, 2.75) is 33.6 Å². The van der Waals surface area contributed by atoms with E-state index in [9.17, 15) is 4.79 Å². The number of rotatable bonds is 5. The second-order valence-corrected chi connectivity index (χ2v) is 8.71. The maximum absolute atomic E-state index is 12.3. The van der Waals surface area contributed by atoms with Crippen LogP contribution in [0, 0.1) is 19.8 Å². The summed E-state index contributed by atoms with van der Waals surface area (Å²) in [4.78, 5) is 14.7. The number of anilines is 2. The molecule has 1 N–H and O–H groups in total. The number of hydrogen-bond acceptors (Lipinski definition) is 3. The van der Waals surface area contributed by atoms with Crippen molar-refractivity contribution < 1.29 is 9.53 Å². The fraction of sp³-hybridized carbons (Fsp3) is 0.409. The molecule has 1 saturated heterocycles. The van der Waals surface area contributed by atoms with Gasteiger partial charge in [-0.2, -0.15) is 0 Å². The van der Waals surface area contributed by atoms with Crippen LogP contribution in [0.5, 0.6) is 5.75 Å². The Balaban J connectivity index is 1.59. The molecule has 0 spiro atoms. The summed E-state index contributed by atoms with van der Waals surface area (Å²) >= 11 is 18.8. The van der Waals surface area contributed by atoms with E-state index >= 15 is 0 Å². The normalized spacial score (nSPS) is 14.8.